The summed E-state index contributed by atoms with van der Waals surface area (Å²) < 4.78 is 38.7. The van der Waals surface area contributed by atoms with Crippen molar-refractivity contribution in [3.05, 3.63) is 57.3 Å². The van der Waals surface area contributed by atoms with E-state index in [0.717, 1.165) is 17.7 Å². The van der Waals surface area contributed by atoms with Gasteiger partial charge in [-0.25, -0.2) is 4.98 Å². The standard InChI is InChI=1S/C17H13BrF3N3O2/c1-2-24-8-9-6-13(11(18)7-10(9)16(24)26)23-15(25)12-4-3-5-14(22-12)17(19,20)21/h3-7H,2,8H2,1H3,(H,23,25). The summed E-state index contributed by atoms with van der Waals surface area (Å²) in [6, 6.07) is 6.36. The van der Waals surface area contributed by atoms with Crippen molar-refractivity contribution in [1.82, 2.24) is 9.88 Å². The summed E-state index contributed by atoms with van der Waals surface area (Å²) >= 11 is 3.28. The first kappa shape index (κ1) is 18.4. The molecule has 2 heterocycles. The quantitative estimate of drug-likeness (QED) is 0.802. The molecule has 0 spiro atoms. The van der Waals surface area contributed by atoms with Gasteiger partial charge in [-0.2, -0.15) is 13.2 Å². The van der Waals surface area contributed by atoms with E-state index in [4.69, 9.17) is 0 Å². The van der Waals surface area contributed by atoms with E-state index in [0.29, 0.717) is 28.8 Å². The number of hydrogen-bond acceptors (Lipinski definition) is 3. The Labute approximate surface area is 155 Å². The fraction of sp³-hybridized carbons (Fsp3) is 0.235. The Balaban J connectivity index is 1.87. The molecule has 0 radical (unpaired) electrons. The minimum Gasteiger partial charge on any atom is -0.335 e. The van der Waals surface area contributed by atoms with Crippen molar-refractivity contribution in [1.29, 1.82) is 0 Å². The number of nitrogens with zero attached hydrogens (tertiary/aromatic N) is 2. The number of amides is 2. The van der Waals surface area contributed by atoms with Crippen LogP contribution in [0, 0.1) is 0 Å². The first-order valence-corrected chi connectivity index (χ1v) is 8.47. The van der Waals surface area contributed by atoms with E-state index in [2.05, 4.69) is 26.2 Å². The van der Waals surface area contributed by atoms with Gasteiger partial charge in [-0.3, -0.25) is 9.59 Å². The molecule has 1 aliphatic heterocycles. The molecule has 0 saturated heterocycles. The number of halogens is 4. The van der Waals surface area contributed by atoms with Crippen LogP contribution in [0.4, 0.5) is 18.9 Å². The van der Waals surface area contributed by atoms with Gasteiger partial charge >= 0.3 is 6.18 Å². The van der Waals surface area contributed by atoms with Gasteiger partial charge in [0.1, 0.15) is 11.4 Å². The molecule has 1 aliphatic rings. The predicted molar refractivity (Wildman–Crippen MR) is 91.7 cm³/mol. The molecule has 0 aliphatic carbocycles. The fourth-order valence-electron chi connectivity index (χ4n) is 2.65. The van der Waals surface area contributed by atoms with Crippen molar-refractivity contribution >= 4 is 33.4 Å². The third-order valence-electron chi connectivity index (χ3n) is 3.97. The van der Waals surface area contributed by atoms with Crippen LogP contribution in [-0.2, 0) is 12.7 Å². The second-order valence-corrected chi connectivity index (χ2v) is 6.52. The van der Waals surface area contributed by atoms with Crippen LogP contribution in [0.1, 0.15) is 39.0 Å². The van der Waals surface area contributed by atoms with E-state index in [1.165, 1.54) is 6.07 Å². The number of aromatic nitrogens is 1. The molecule has 2 aromatic rings. The SMILES string of the molecule is CCN1Cc2cc(NC(=O)c3cccc(C(F)(F)F)n3)c(Br)cc2C1=O. The van der Waals surface area contributed by atoms with Gasteiger partial charge < -0.3 is 10.2 Å². The van der Waals surface area contributed by atoms with E-state index in [1.54, 1.807) is 17.0 Å². The third-order valence-corrected chi connectivity index (χ3v) is 4.63. The van der Waals surface area contributed by atoms with Crippen LogP contribution in [0.25, 0.3) is 0 Å². The van der Waals surface area contributed by atoms with Gasteiger partial charge in [0.05, 0.1) is 5.69 Å². The lowest BCUT2D eigenvalue weighted by Crippen LogP contribution is -2.22. The zero-order valence-corrected chi connectivity index (χ0v) is 15.1. The minimum atomic E-state index is -4.63. The molecule has 1 aromatic carbocycles. The molecule has 1 N–H and O–H groups in total. The Morgan fingerprint density at radius 2 is 2.08 bits per heavy atom. The summed E-state index contributed by atoms with van der Waals surface area (Å²) in [5.41, 5.74) is 0.154. The summed E-state index contributed by atoms with van der Waals surface area (Å²) in [5, 5.41) is 2.54. The number of fused-ring (bicyclic) bond motifs is 1. The number of carbonyl (C=O) groups is 2. The molecule has 0 saturated carbocycles. The molecule has 0 bridgehead atoms. The van der Waals surface area contributed by atoms with E-state index < -0.39 is 17.8 Å². The van der Waals surface area contributed by atoms with Crippen LogP contribution in [0.5, 0.6) is 0 Å². The van der Waals surface area contributed by atoms with Crippen molar-refractivity contribution in [2.45, 2.75) is 19.6 Å². The lowest BCUT2D eigenvalue weighted by Gasteiger charge is -2.11. The Bertz CT molecular complexity index is 899. The van der Waals surface area contributed by atoms with Gasteiger partial charge in [0, 0.05) is 23.1 Å². The van der Waals surface area contributed by atoms with Crippen LogP contribution in [0.3, 0.4) is 0 Å². The molecule has 0 fully saturated rings. The molecule has 1 aromatic heterocycles. The number of carbonyl (C=O) groups excluding carboxylic acids is 2. The summed E-state index contributed by atoms with van der Waals surface area (Å²) in [7, 11) is 0. The van der Waals surface area contributed by atoms with Crippen LogP contribution >= 0.6 is 15.9 Å². The molecular weight excluding hydrogens is 415 g/mol. The molecule has 0 atom stereocenters. The maximum atomic E-state index is 12.7. The Hall–Kier alpha value is -2.42. The maximum absolute atomic E-state index is 12.7. The first-order valence-electron chi connectivity index (χ1n) is 7.68. The molecule has 3 rings (SSSR count). The highest BCUT2D eigenvalue weighted by Crippen LogP contribution is 2.32. The maximum Gasteiger partial charge on any atom is 0.433 e. The smallest absolute Gasteiger partial charge is 0.335 e. The molecule has 9 heteroatoms. The Morgan fingerprint density at radius 1 is 1.35 bits per heavy atom. The molecule has 5 nitrogen and oxygen atoms in total. The number of hydrogen-bond donors (Lipinski definition) is 1. The first-order chi connectivity index (χ1) is 12.2. The topological polar surface area (TPSA) is 62.3 Å². The van der Waals surface area contributed by atoms with Crippen molar-refractivity contribution in [3.8, 4) is 0 Å². The average molecular weight is 428 g/mol. The highest BCUT2D eigenvalue weighted by Gasteiger charge is 2.33. The molecule has 2 amide bonds. The van der Waals surface area contributed by atoms with Crippen molar-refractivity contribution in [2.75, 3.05) is 11.9 Å². The van der Waals surface area contributed by atoms with Crippen molar-refractivity contribution in [2.24, 2.45) is 0 Å². The summed E-state index contributed by atoms with van der Waals surface area (Å²) in [6.45, 7) is 2.84. The van der Waals surface area contributed by atoms with E-state index in [9.17, 15) is 22.8 Å². The van der Waals surface area contributed by atoms with Crippen molar-refractivity contribution < 1.29 is 22.8 Å². The number of anilines is 1. The Morgan fingerprint density at radius 3 is 2.73 bits per heavy atom. The molecular formula is C17H13BrF3N3O2. The molecule has 0 unspecified atom stereocenters. The van der Waals surface area contributed by atoms with Gasteiger partial charge in [0.15, 0.2) is 0 Å². The zero-order chi connectivity index (χ0) is 19.1. The zero-order valence-electron chi connectivity index (χ0n) is 13.5. The van der Waals surface area contributed by atoms with Gasteiger partial charge in [0.2, 0.25) is 0 Å². The van der Waals surface area contributed by atoms with Gasteiger partial charge in [-0.1, -0.05) is 6.07 Å². The van der Waals surface area contributed by atoms with E-state index >= 15 is 0 Å². The van der Waals surface area contributed by atoms with Gasteiger partial charge in [-0.15, -0.1) is 0 Å². The van der Waals surface area contributed by atoms with Crippen LogP contribution in [0.2, 0.25) is 0 Å². The minimum absolute atomic E-state index is 0.0966. The number of rotatable bonds is 3. The fourth-order valence-corrected chi connectivity index (χ4v) is 3.09. The monoisotopic (exact) mass is 427 g/mol. The number of benzene rings is 1. The number of nitrogens with one attached hydrogen (secondary N) is 1. The third kappa shape index (κ3) is 3.44. The molecule has 136 valence electrons. The number of pyridine rings is 1. The second-order valence-electron chi connectivity index (χ2n) is 5.67. The van der Waals surface area contributed by atoms with E-state index in [-0.39, 0.29) is 11.6 Å². The lowest BCUT2D eigenvalue weighted by molar-refractivity contribution is -0.141. The van der Waals surface area contributed by atoms with E-state index in [1.807, 2.05) is 6.92 Å². The van der Waals surface area contributed by atoms with Gasteiger partial charge in [0.25, 0.3) is 11.8 Å². The number of alkyl halides is 3. The summed E-state index contributed by atoms with van der Waals surface area (Å²) in [4.78, 5) is 29.5. The largest absolute Gasteiger partial charge is 0.433 e. The van der Waals surface area contributed by atoms with Gasteiger partial charge in [-0.05, 0) is 52.7 Å². The second kappa shape index (κ2) is 6.71. The van der Waals surface area contributed by atoms with Crippen LogP contribution in [-0.4, -0.2) is 28.2 Å². The van der Waals surface area contributed by atoms with Crippen LogP contribution < -0.4 is 5.32 Å². The summed E-state index contributed by atoms with van der Waals surface area (Å²) in [5.74, 6) is -0.867. The Kier molecular flexibility index (Phi) is 4.74. The van der Waals surface area contributed by atoms with Crippen molar-refractivity contribution in [3.63, 3.8) is 0 Å². The normalized spacial score (nSPS) is 13.7. The predicted octanol–water partition coefficient (Wildman–Crippen LogP) is 4.09. The highest BCUT2D eigenvalue weighted by molar-refractivity contribution is 9.10. The highest BCUT2D eigenvalue weighted by atomic mass is 79.9. The van der Waals surface area contributed by atoms with Crippen LogP contribution in [0.15, 0.2) is 34.8 Å². The average Bonchev–Trinajstić information content (AvgIpc) is 2.90. The summed E-state index contributed by atoms with van der Waals surface area (Å²) in [6.07, 6.45) is -4.63. The lowest BCUT2D eigenvalue weighted by atomic mass is 10.1. The molecule has 26 heavy (non-hydrogen) atoms.